The van der Waals surface area contributed by atoms with E-state index < -0.39 is 0 Å². The lowest BCUT2D eigenvalue weighted by Gasteiger charge is -2.25. The fraction of sp³-hybridized carbons (Fsp3) is 0.800. The van der Waals surface area contributed by atoms with Gasteiger partial charge in [-0.25, -0.2) is 0 Å². The molecule has 1 saturated heterocycles. The minimum atomic E-state index is 0.231. The Labute approximate surface area is 89.8 Å². The first kappa shape index (κ1) is 10.4. The molecule has 1 aromatic heterocycles. The molecule has 1 aliphatic heterocycles. The molecular weight excluding hydrogens is 192 g/mol. The first-order valence-corrected chi connectivity index (χ1v) is 5.41. The zero-order valence-corrected chi connectivity index (χ0v) is 9.53. The average Bonchev–Trinajstić information content (AvgIpc) is 2.66. The molecule has 2 heterocycles. The lowest BCUT2D eigenvalue weighted by Crippen LogP contribution is -2.31. The predicted octanol–water partition coefficient (Wildman–Crippen LogP) is 1.20. The molecule has 1 fully saturated rings. The van der Waals surface area contributed by atoms with E-state index in [2.05, 4.69) is 22.4 Å². The Kier molecular flexibility index (Phi) is 2.90. The van der Waals surface area contributed by atoms with Gasteiger partial charge in [-0.1, -0.05) is 6.92 Å². The van der Waals surface area contributed by atoms with Crippen LogP contribution in [0.3, 0.4) is 0 Å². The lowest BCUT2D eigenvalue weighted by atomic mass is 9.94. The molecule has 0 aromatic carbocycles. The van der Waals surface area contributed by atoms with Crippen LogP contribution < -0.4 is 10.2 Å². The largest absolute Gasteiger partial charge is 0.344 e. The van der Waals surface area contributed by atoms with Crippen molar-refractivity contribution in [2.75, 3.05) is 25.5 Å². The maximum atomic E-state index is 5.25. The molecule has 2 atom stereocenters. The van der Waals surface area contributed by atoms with Gasteiger partial charge >= 0.3 is 0 Å². The smallest absolute Gasteiger partial charge is 0.265 e. The van der Waals surface area contributed by atoms with Gasteiger partial charge in [0.1, 0.15) is 0 Å². The standard InChI is InChI=1S/C10H18N4O/c1-7-4-5-11-8(6-7)9-12-10(13-15-9)14(2)3/h7-8,11H,4-6H2,1-3H3. The van der Waals surface area contributed by atoms with Gasteiger partial charge in [-0.2, -0.15) is 4.98 Å². The third-order valence-corrected chi connectivity index (χ3v) is 2.80. The zero-order chi connectivity index (χ0) is 10.8. The zero-order valence-electron chi connectivity index (χ0n) is 9.53. The van der Waals surface area contributed by atoms with Crippen molar-refractivity contribution in [3.8, 4) is 0 Å². The molecule has 0 bridgehead atoms. The van der Waals surface area contributed by atoms with Gasteiger partial charge in [0.25, 0.3) is 5.95 Å². The molecule has 1 N–H and O–H groups in total. The third-order valence-electron chi connectivity index (χ3n) is 2.80. The predicted molar refractivity (Wildman–Crippen MR) is 57.8 cm³/mol. The Bertz CT molecular complexity index is 323. The van der Waals surface area contributed by atoms with Crippen LogP contribution in [0.5, 0.6) is 0 Å². The summed E-state index contributed by atoms with van der Waals surface area (Å²) in [5.41, 5.74) is 0. The van der Waals surface area contributed by atoms with Crippen molar-refractivity contribution in [1.82, 2.24) is 15.5 Å². The van der Waals surface area contributed by atoms with Crippen molar-refractivity contribution in [3.05, 3.63) is 5.89 Å². The van der Waals surface area contributed by atoms with Crippen LogP contribution >= 0.6 is 0 Å². The van der Waals surface area contributed by atoms with Gasteiger partial charge in [0, 0.05) is 14.1 Å². The van der Waals surface area contributed by atoms with Crippen LogP contribution in [0.1, 0.15) is 31.7 Å². The van der Waals surface area contributed by atoms with Crippen LogP contribution in [0.15, 0.2) is 4.52 Å². The summed E-state index contributed by atoms with van der Waals surface area (Å²) in [7, 11) is 3.82. The average molecular weight is 210 g/mol. The lowest BCUT2D eigenvalue weighted by molar-refractivity contribution is 0.260. The van der Waals surface area contributed by atoms with Crippen molar-refractivity contribution in [2.24, 2.45) is 5.92 Å². The molecule has 1 aromatic rings. The van der Waals surface area contributed by atoms with E-state index in [9.17, 15) is 0 Å². The molecule has 1 aliphatic rings. The summed E-state index contributed by atoms with van der Waals surface area (Å²) in [5.74, 6) is 2.08. The van der Waals surface area contributed by atoms with E-state index in [0.29, 0.717) is 11.8 Å². The highest BCUT2D eigenvalue weighted by Crippen LogP contribution is 2.26. The number of nitrogens with zero attached hydrogens (tertiary/aromatic N) is 3. The Hall–Kier alpha value is -1.10. The summed E-state index contributed by atoms with van der Waals surface area (Å²) in [6.07, 6.45) is 2.31. The van der Waals surface area contributed by atoms with Crippen LogP contribution in [0.2, 0.25) is 0 Å². The van der Waals surface area contributed by atoms with Crippen LogP contribution in [0, 0.1) is 5.92 Å². The summed E-state index contributed by atoms with van der Waals surface area (Å²) < 4.78 is 5.25. The van der Waals surface area contributed by atoms with Crippen molar-refractivity contribution < 1.29 is 4.52 Å². The molecule has 0 amide bonds. The van der Waals surface area contributed by atoms with E-state index in [4.69, 9.17) is 4.52 Å². The van der Waals surface area contributed by atoms with Gasteiger partial charge in [0.05, 0.1) is 6.04 Å². The number of hydrogen-bond acceptors (Lipinski definition) is 5. The Morgan fingerprint density at radius 1 is 1.47 bits per heavy atom. The van der Waals surface area contributed by atoms with Gasteiger partial charge in [0.15, 0.2) is 0 Å². The Morgan fingerprint density at radius 3 is 2.87 bits per heavy atom. The molecule has 5 heteroatoms. The molecule has 0 radical (unpaired) electrons. The summed E-state index contributed by atoms with van der Waals surface area (Å²) >= 11 is 0. The monoisotopic (exact) mass is 210 g/mol. The SMILES string of the molecule is CC1CCNC(c2nc(N(C)C)no2)C1. The highest BCUT2D eigenvalue weighted by atomic mass is 16.5. The second-order valence-corrected chi connectivity index (χ2v) is 4.46. The highest BCUT2D eigenvalue weighted by Gasteiger charge is 2.24. The van der Waals surface area contributed by atoms with Crippen LogP contribution in [0.25, 0.3) is 0 Å². The van der Waals surface area contributed by atoms with E-state index in [-0.39, 0.29) is 6.04 Å². The second kappa shape index (κ2) is 4.18. The number of piperidine rings is 1. The summed E-state index contributed by atoms with van der Waals surface area (Å²) in [5, 5.41) is 7.32. The number of nitrogens with one attached hydrogen (secondary N) is 1. The molecule has 5 nitrogen and oxygen atoms in total. The van der Waals surface area contributed by atoms with E-state index in [1.54, 1.807) is 0 Å². The number of rotatable bonds is 2. The van der Waals surface area contributed by atoms with Gasteiger partial charge in [-0.05, 0) is 30.5 Å². The van der Waals surface area contributed by atoms with Gasteiger partial charge in [-0.15, -0.1) is 0 Å². The van der Waals surface area contributed by atoms with Gasteiger partial charge < -0.3 is 14.7 Å². The van der Waals surface area contributed by atoms with Crippen LogP contribution in [0.4, 0.5) is 5.95 Å². The Morgan fingerprint density at radius 2 is 2.27 bits per heavy atom. The first-order chi connectivity index (χ1) is 7.16. The first-order valence-electron chi connectivity index (χ1n) is 5.41. The van der Waals surface area contributed by atoms with E-state index >= 15 is 0 Å². The number of hydrogen-bond donors (Lipinski definition) is 1. The van der Waals surface area contributed by atoms with Crippen LogP contribution in [-0.4, -0.2) is 30.8 Å². The fourth-order valence-corrected chi connectivity index (χ4v) is 1.85. The normalized spacial score (nSPS) is 26.6. The van der Waals surface area contributed by atoms with Crippen molar-refractivity contribution in [1.29, 1.82) is 0 Å². The highest BCUT2D eigenvalue weighted by molar-refractivity contribution is 5.24. The topological polar surface area (TPSA) is 54.2 Å². The van der Waals surface area contributed by atoms with Crippen molar-refractivity contribution in [2.45, 2.75) is 25.8 Å². The molecule has 0 saturated carbocycles. The van der Waals surface area contributed by atoms with Crippen molar-refractivity contribution >= 4 is 5.95 Å². The summed E-state index contributed by atoms with van der Waals surface area (Å²) in [4.78, 5) is 6.20. The maximum absolute atomic E-state index is 5.25. The quantitative estimate of drug-likeness (QED) is 0.794. The van der Waals surface area contributed by atoms with E-state index in [1.165, 1.54) is 6.42 Å². The molecule has 0 aliphatic carbocycles. The summed E-state index contributed by atoms with van der Waals surface area (Å²) in [6.45, 7) is 3.29. The minimum absolute atomic E-state index is 0.231. The molecule has 0 spiro atoms. The molecule has 2 rings (SSSR count). The number of anilines is 1. The molecule has 15 heavy (non-hydrogen) atoms. The summed E-state index contributed by atoms with van der Waals surface area (Å²) in [6, 6.07) is 0.231. The minimum Gasteiger partial charge on any atom is -0.344 e. The molecular formula is C10H18N4O. The fourth-order valence-electron chi connectivity index (χ4n) is 1.85. The van der Waals surface area contributed by atoms with Gasteiger partial charge in [0.2, 0.25) is 5.89 Å². The molecule has 2 unspecified atom stereocenters. The van der Waals surface area contributed by atoms with E-state index in [1.807, 2.05) is 19.0 Å². The van der Waals surface area contributed by atoms with Crippen LogP contribution in [-0.2, 0) is 0 Å². The molecule has 84 valence electrons. The number of aromatic nitrogens is 2. The van der Waals surface area contributed by atoms with E-state index in [0.717, 1.165) is 18.9 Å². The maximum Gasteiger partial charge on any atom is 0.265 e. The van der Waals surface area contributed by atoms with Gasteiger partial charge in [-0.3, -0.25) is 0 Å². The van der Waals surface area contributed by atoms with Crippen molar-refractivity contribution in [3.63, 3.8) is 0 Å². The third kappa shape index (κ3) is 2.28. The second-order valence-electron chi connectivity index (χ2n) is 4.46. The Balaban J connectivity index is 2.08.